The molecule has 0 N–H and O–H groups in total. The molecule has 0 saturated carbocycles. The zero-order chi connectivity index (χ0) is 43.7. The lowest BCUT2D eigenvalue weighted by atomic mass is 10.1. The predicted molar refractivity (Wildman–Crippen MR) is 256 cm³/mol. The van der Waals surface area contributed by atoms with Gasteiger partial charge in [-0.2, -0.15) is 0 Å². The molecular formula is C54H90O6. The Labute approximate surface area is 369 Å². The van der Waals surface area contributed by atoms with E-state index in [-0.39, 0.29) is 37.5 Å². The largest absolute Gasteiger partial charge is 0.462 e. The highest BCUT2D eigenvalue weighted by atomic mass is 16.6. The number of carbonyl (C=O) groups is 3. The molecule has 0 aromatic heterocycles. The molecule has 0 heterocycles. The Morgan fingerprint density at radius 3 is 1.15 bits per heavy atom. The normalized spacial score (nSPS) is 12.8. The van der Waals surface area contributed by atoms with Crippen LogP contribution in [-0.4, -0.2) is 37.2 Å². The standard InChI is InChI=1S/C54H90O6/c1-4-7-10-13-16-19-22-24-26-27-28-30-32-35-38-41-44-47-53(56)59-50-51(49-58-52(55)46-43-40-37-34-31-21-18-15-12-9-6-3)60-54(57)48-45-42-39-36-33-29-25-23-20-17-14-11-8-5-2/h8,11,15-20,24,26,28,30,35,38,51H,4-7,9-10,12-14,21-23,25,27,29,31-34,36-37,39-50H2,1-3H3/b11-8-,18-15-,19-16-,20-17-,26-24-,30-28-,38-35-. The van der Waals surface area contributed by atoms with Crippen molar-refractivity contribution in [1.29, 1.82) is 0 Å². The van der Waals surface area contributed by atoms with E-state index in [4.69, 9.17) is 14.2 Å². The average molecular weight is 835 g/mol. The number of carbonyl (C=O) groups excluding carboxylic acids is 3. The summed E-state index contributed by atoms with van der Waals surface area (Å²) in [6.07, 6.45) is 61.4. The summed E-state index contributed by atoms with van der Waals surface area (Å²) < 4.78 is 16.7. The topological polar surface area (TPSA) is 78.9 Å². The van der Waals surface area contributed by atoms with E-state index in [1.165, 1.54) is 77.0 Å². The van der Waals surface area contributed by atoms with Crippen LogP contribution in [0.15, 0.2) is 85.1 Å². The van der Waals surface area contributed by atoms with E-state index >= 15 is 0 Å². The van der Waals surface area contributed by atoms with Crippen LogP contribution in [0.25, 0.3) is 0 Å². The summed E-state index contributed by atoms with van der Waals surface area (Å²) in [4.78, 5) is 37.8. The molecule has 0 radical (unpaired) electrons. The van der Waals surface area contributed by atoms with Crippen LogP contribution in [0, 0.1) is 0 Å². The lowest BCUT2D eigenvalue weighted by Gasteiger charge is -2.18. The Balaban J connectivity index is 4.49. The van der Waals surface area contributed by atoms with Gasteiger partial charge < -0.3 is 14.2 Å². The van der Waals surface area contributed by atoms with Crippen LogP contribution >= 0.6 is 0 Å². The molecule has 0 aliphatic rings. The van der Waals surface area contributed by atoms with Gasteiger partial charge in [0.05, 0.1) is 0 Å². The van der Waals surface area contributed by atoms with Crippen molar-refractivity contribution in [2.75, 3.05) is 13.2 Å². The molecule has 1 atom stereocenters. The van der Waals surface area contributed by atoms with Crippen LogP contribution in [0.4, 0.5) is 0 Å². The fourth-order valence-electron chi connectivity index (χ4n) is 6.39. The maximum Gasteiger partial charge on any atom is 0.306 e. The van der Waals surface area contributed by atoms with Crippen LogP contribution in [0.1, 0.15) is 220 Å². The number of rotatable bonds is 43. The average Bonchev–Trinajstić information content (AvgIpc) is 3.24. The van der Waals surface area contributed by atoms with E-state index in [1.54, 1.807) is 0 Å². The van der Waals surface area contributed by atoms with Gasteiger partial charge in [-0.05, 0) is 103 Å². The summed E-state index contributed by atoms with van der Waals surface area (Å²) in [5.41, 5.74) is 0. The molecule has 1 unspecified atom stereocenters. The Kier molecular flexibility index (Phi) is 45.5. The molecule has 0 saturated heterocycles. The SMILES string of the molecule is CC/C=C\C/C=C\CCCCCCCCCC(=O)OC(COC(=O)CCC/C=C\C/C=C\C/C=C\C/C=C\CCCCC)COC(=O)CCCCCCC/C=C\CCCC. The number of allylic oxidation sites excluding steroid dienone is 14. The van der Waals surface area contributed by atoms with Gasteiger partial charge in [0.25, 0.3) is 0 Å². The van der Waals surface area contributed by atoms with E-state index in [0.29, 0.717) is 19.3 Å². The molecule has 0 fully saturated rings. The Morgan fingerprint density at radius 2 is 0.683 bits per heavy atom. The highest BCUT2D eigenvalue weighted by Crippen LogP contribution is 2.13. The van der Waals surface area contributed by atoms with Crippen molar-refractivity contribution >= 4 is 17.9 Å². The highest BCUT2D eigenvalue weighted by molar-refractivity contribution is 5.71. The zero-order valence-corrected chi connectivity index (χ0v) is 38.9. The number of esters is 3. The zero-order valence-electron chi connectivity index (χ0n) is 38.9. The fourth-order valence-corrected chi connectivity index (χ4v) is 6.39. The minimum absolute atomic E-state index is 0.102. The molecule has 0 aliphatic heterocycles. The summed E-state index contributed by atoms with van der Waals surface area (Å²) in [5.74, 6) is -0.983. The number of hydrogen-bond acceptors (Lipinski definition) is 6. The first kappa shape index (κ1) is 56.6. The van der Waals surface area contributed by atoms with Crippen molar-refractivity contribution in [3.8, 4) is 0 Å². The summed E-state index contributed by atoms with van der Waals surface area (Å²) in [5, 5.41) is 0. The van der Waals surface area contributed by atoms with E-state index in [0.717, 1.165) is 96.3 Å². The van der Waals surface area contributed by atoms with Crippen LogP contribution in [-0.2, 0) is 28.6 Å². The molecule has 6 nitrogen and oxygen atoms in total. The quantitative estimate of drug-likeness (QED) is 0.0263. The summed E-state index contributed by atoms with van der Waals surface area (Å²) in [6, 6.07) is 0. The van der Waals surface area contributed by atoms with Gasteiger partial charge in [-0.1, -0.05) is 183 Å². The van der Waals surface area contributed by atoms with E-state index in [9.17, 15) is 14.4 Å². The van der Waals surface area contributed by atoms with Gasteiger partial charge in [0.2, 0.25) is 0 Å². The number of unbranched alkanes of at least 4 members (excludes halogenated alkanes) is 18. The van der Waals surface area contributed by atoms with Gasteiger partial charge in [-0.25, -0.2) is 0 Å². The monoisotopic (exact) mass is 835 g/mol. The molecule has 0 aromatic carbocycles. The molecule has 0 rings (SSSR count). The second-order valence-electron chi connectivity index (χ2n) is 16.0. The minimum Gasteiger partial charge on any atom is -0.462 e. The van der Waals surface area contributed by atoms with Gasteiger partial charge >= 0.3 is 17.9 Å². The van der Waals surface area contributed by atoms with Crippen LogP contribution < -0.4 is 0 Å². The smallest absolute Gasteiger partial charge is 0.306 e. The molecule has 0 spiro atoms. The third-order valence-corrected chi connectivity index (χ3v) is 10.1. The summed E-state index contributed by atoms with van der Waals surface area (Å²) in [7, 11) is 0. The first-order valence-corrected chi connectivity index (χ1v) is 24.6. The van der Waals surface area contributed by atoms with E-state index < -0.39 is 6.10 Å². The summed E-state index contributed by atoms with van der Waals surface area (Å²) >= 11 is 0. The molecule has 60 heavy (non-hydrogen) atoms. The van der Waals surface area contributed by atoms with Gasteiger partial charge in [0.1, 0.15) is 13.2 Å². The molecule has 0 amide bonds. The molecule has 6 heteroatoms. The minimum atomic E-state index is -0.805. The fraction of sp³-hybridized carbons (Fsp3) is 0.685. The Morgan fingerprint density at radius 1 is 0.350 bits per heavy atom. The molecule has 0 aromatic rings. The van der Waals surface area contributed by atoms with Crippen molar-refractivity contribution in [2.24, 2.45) is 0 Å². The first-order valence-electron chi connectivity index (χ1n) is 24.6. The second kappa shape index (κ2) is 48.3. The summed E-state index contributed by atoms with van der Waals surface area (Å²) in [6.45, 7) is 6.39. The third-order valence-electron chi connectivity index (χ3n) is 10.1. The number of ether oxygens (including phenoxy) is 3. The molecule has 0 aliphatic carbocycles. The van der Waals surface area contributed by atoms with Crippen molar-refractivity contribution < 1.29 is 28.6 Å². The van der Waals surface area contributed by atoms with Crippen molar-refractivity contribution in [2.45, 2.75) is 226 Å². The van der Waals surface area contributed by atoms with Gasteiger partial charge in [0, 0.05) is 19.3 Å². The molecule has 342 valence electrons. The maximum atomic E-state index is 12.8. The van der Waals surface area contributed by atoms with Gasteiger partial charge in [-0.15, -0.1) is 0 Å². The van der Waals surface area contributed by atoms with Crippen molar-refractivity contribution in [3.63, 3.8) is 0 Å². The lowest BCUT2D eigenvalue weighted by Crippen LogP contribution is -2.30. The van der Waals surface area contributed by atoms with Gasteiger partial charge in [-0.3, -0.25) is 14.4 Å². The predicted octanol–water partition coefficient (Wildman–Crippen LogP) is 16.0. The van der Waals surface area contributed by atoms with Crippen LogP contribution in [0.2, 0.25) is 0 Å². The molecule has 0 bridgehead atoms. The van der Waals surface area contributed by atoms with E-state index in [1.807, 2.05) is 0 Å². The van der Waals surface area contributed by atoms with Crippen molar-refractivity contribution in [3.05, 3.63) is 85.1 Å². The van der Waals surface area contributed by atoms with Crippen molar-refractivity contribution in [1.82, 2.24) is 0 Å². The lowest BCUT2D eigenvalue weighted by molar-refractivity contribution is -0.167. The maximum absolute atomic E-state index is 12.8. The molecular weight excluding hydrogens is 745 g/mol. The Hall–Kier alpha value is -3.41. The third kappa shape index (κ3) is 45.7. The Bertz CT molecular complexity index is 1190. The number of hydrogen-bond donors (Lipinski definition) is 0. The van der Waals surface area contributed by atoms with E-state index in [2.05, 4.69) is 106 Å². The van der Waals surface area contributed by atoms with Gasteiger partial charge in [0.15, 0.2) is 6.10 Å². The second-order valence-corrected chi connectivity index (χ2v) is 16.0. The highest BCUT2D eigenvalue weighted by Gasteiger charge is 2.19. The van der Waals surface area contributed by atoms with Crippen LogP contribution in [0.5, 0.6) is 0 Å². The van der Waals surface area contributed by atoms with Crippen LogP contribution in [0.3, 0.4) is 0 Å². The first-order chi connectivity index (χ1) is 29.5.